The van der Waals surface area contributed by atoms with Crippen molar-refractivity contribution in [3.63, 3.8) is 0 Å². The van der Waals surface area contributed by atoms with Gasteiger partial charge in [0.15, 0.2) is 0 Å². The first-order chi connectivity index (χ1) is 18.3. The third-order valence-electron chi connectivity index (χ3n) is 6.73. The van der Waals surface area contributed by atoms with Crippen molar-refractivity contribution in [2.45, 2.75) is 37.8 Å². The first kappa shape index (κ1) is 25.2. The van der Waals surface area contributed by atoms with Gasteiger partial charge in [-0.05, 0) is 55.3 Å². The minimum absolute atomic E-state index is 0.00703. The number of aromatic carboxylic acids is 1. The molecule has 194 valence electrons. The van der Waals surface area contributed by atoms with E-state index >= 15 is 0 Å². The molecule has 2 aromatic carbocycles. The molecule has 0 spiro atoms. The van der Waals surface area contributed by atoms with E-state index in [9.17, 15) is 24.3 Å². The molecule has 5 rings (SSSR count). The zero-order valence-electron chi connectivity index (χ0n) is 20.1. The van der Waals surface area contributed by atoms with Gasteiger partial charge < -0.3 is 20.7 Å². The van der Waals surface area contributed by atoms with Crippen LogP contribution in [0.25, 0.3) is 16.6 Å². The van der Waals surface area contributed by atoms with Gasteiger partial charge in [-0.1, -0.05) is 24.4 Å². The lowest BCUT2D eigenvalue weighted by Gasteiger charge is -2.33. The summed E-state index contributed by atoms with van der Waals surface area (Å²) in [6, 6.07) is 10.7. The van der Waals surface area contributed by atoms with Crippen LogP contribution in [0, 0.1) is 0 Å². The molecule has 2 aromatic heterocycles. The van der Waals surface area contributed by atoms with E-state index in [4.69, 9.17) is 11.6 Å². The van der Waals surface area contributed by atoms with E-state index in [1.54, 1.807) is 48.7 Å². The zero-order valence-corrected chi connectivity index (χ0v) is 20.9. The second-order valence-corrected chi connectivity index (χ2v) is 9.58. The number of fused-ring (bicyclic) bond motifs is 1. The molecule has 4 aromatic rings. The summed E-state index contributed by atoms with van der Waals surface area (Å²) in [5, 5.41) is 16.4. The average Bonchev–Trinajstić information content (AvgIpc) is 3.29. The number of nitrogens with one attached hydrogen (secondary N) is 3. The number of hydrogen-bond donors (Lipinski definition) is 4. The molecule has 2 heterocycles. The summed E-state index contributed by atoms with van der Waals surface area (Å²) in [6.45, 7) is 0. The molecule has 11 heteroatoms. The Morgan fingerprint density at radius 2 is 1.68 bits per heavy atom. The van der Waals surface area contributed by atoms with Crippen LogP contribution in [0.5, 0.6) is 0 Å². The molecule has 0 saturated heterocycles. The molecule has 1 saturated carbocycles. The van der Waals surface area contributed by atoms with Crippen LogP contribution in [-0.2, 0) is 0 Å². The van der Waals surface area contributed by atoms with Gasteiger partial charge in [0.1, 0.15) is 5.69 Å². The standard InChI is InChI=1S/C27H24ClN5O5/c28-16-7-10-19-18(13-16)23(24(30-19)27(37)38)26(36)32-21-4-2-1-3-20(21)31-25(35)15-5-8-17(9-6-15)33-12-11-29-14-22(33)34/h5-14,20-21,30H,1-4H2,(H,31,35)(H,32,36)(H,37,38). The number of hydrogen-bond acceptors (Lipinski definition) is 5. The number of carbonyl (C=O) groups is 3. The SMILES string of the molecule is O=C(NC1CCCCC1NC(=O)c1c(C(=O)O)[nH]c2ccc(Cl)cc12)c1ccc(-n2ccncc2=O)cc1. The Kier molecular flexibility index (Phi) is 6.97. The van der Waals surface area contributed by atoms with Crippen LogP contribution in [0.15, 0.2) is 65.8 Å². The van der Waals surface area contributed by atoms with E-state index in [0.29, 0.717) is 40.0 Å². The van der Waals surface area contributed by atoms with Crippen LogP contribution in [0.4, 0.5) is 0 Å². The fourth-order valence-electron chi connectivity index (χ4n) is 4.86. The number of aromatic amines is 1. The summed E-state index contributed by atoms with van der Waals surface area (Å²) >= 11 is 6.11. The molecule has 38 heavy (non-hydrogen) atoms. The van der Waals surface area contributed by atoms with Gasteiger partial charge in [-0.15, -0.1) is 0 Å². The topological polar surface area (TPSA) is 146 Å². The number of carboxylic acid groups (broad SMARTS) is 1. The summed E-state index contributed by atoms with van der Waals surface area (Å²) < 4.78 is 1.42. The highest BCUT2D eigenvalue weighted by Gasteiger charge is 2.31. The van der Waals surface area contributed by atoms with Crippen molar-refractivity contribution in [3.05, 3.63) is 93.3 Å². The largest absolute Gasteiger partial charge is 0.477 e. The fourth-order valence-corrected chi connectivity index (χ4v) is 5.04. The number of halogens is 1. The van der Waals surface area contributed by atoms with Gasteiger partial charge in [0.05, 0.1) is 11.8 Å². The summed E-state index contributed by atoms with van der Waals surface area (Å²) in [4.78, 5) is 56.8. The molecule has 2 unspecified atom stereocenters. The molecular formula is C27H24ClN5O5. The maximum absolute atomic E-state index is 13.3. The maximum atomic E-state index is 13.3. The van der Waals surface area contributed by atoms with Crippen molar-refractivity contribution in [1.29, 1.82) is 0 Å². The number of H-pyrrole nitrogens is 1. The normalized spacial score (nSPS) is 17.2. The van der Waals surface area contributed by atoms with Crippen LogP contribution < -0.4 is 16.2 Å². The molecule has 0 bridgehead atoms. The second-order valence-electron chi connectivity index (χ2n) is 9.15. The van der Waals surface area contributed by atoms with E-state index in [2.05, 4.69) is 20.6 Å². The van der Waals surface area contributed by atoms with Gasteiger partial charge in [-0.2, -0.15) is 0 Å². The minimum Gasteiger partial charge on any atom is -0.477 e. The van der Waals surface area contributed by atoms with E-state index < -0.39 is 11.9 Å². The third-order valence-corrected chi connectivity index (χ3v) is 6.97. The van der Waals surface area contributed by atoms with Crippen LogP contribution in [0.3, 0.4) is 0 Å². The van der Waals surface area contributed by atoms with Crippen LogP contribution in [0.1, 0.15) is 56.9 Å². The summed E-state index contributed by atoms with van der Waals surface area (Å²) in [6.07, 6.45) is 7.29. The van der Waals surface area contributed by atoms with Gasteiger partial charge in [-0.25, -0.2) is 4.79 Å². The molecule has 4 N–H and O–H groups in total. The van der Waals surface area contributed by atoms with Gasteiger partial charge in [0, 0.05) is 51.7 Å². The lowest BCUT2D eigenvalue weighted by molar-refractivity contribution is 0.0685. The summed E-state index contributed by atoms with van der Waals surface area (Å²) in [7, 11) is 0. The van der Waals surface area contributed by atoms with Crippen LogP contribution in [-0.4, -0.2) is 49.5 Å². The highest BCUT2D eigenvalue weighted by Crippen LogP contribution is 2.27. The molecule has 1 fully saturated rings. The Morgan fingerprint density at radius 1 is 1.00 bits per heavy atom. The van der Waals surface area contributed by atoms with Crippen molar-refractivity contribution in [3.8, 4) is 5.69 Å². The number of carboxylic acids is 1. The molecule has 0 radical (unpaired) electrons. The Balaban J connectivity index is 1.33. The molecule has 10 nitrogen and oxygen atoms in total. The van der Waals surface area contributed by atoms with Crippen LogP contribution in [0.2, 0.25) is 5.02 Å². The first-order valence-corrected chi connectivity index (χ1v) is 12.5. The van der Waals surface area contributed by atoms with Gasteiger partial charge >= 0.3 is 5.97 Å². The van der Waals surface area contributed by atoms with Crippen LogP contribution >= 0.6 is 11.6 Å². The molecule has 2 atom stereocenters. The number of aromatic nitrogens is 3. The fraction of sp³-hybridized carbons (Fsp3) is 0.222. The lowest BCUT2D eigenvalue weighted by atomic mass is 9.89. The number of amides is 2. The maximum Gasteiger partial charge on any atom is 0.353 e. The zero-order chi connectivity index (χ0) is 26.8. The van der Waals surface area contributed by atoms with Crippen molar-refractivity contribution < 1.29 is 19.5 Å². The smallest absolute Gasteiger partial charge is 0.353 e. The monoisotopic (exact) mass is 533 g/mol. The quantitative estimate of drug-likeness (QED) is 0.298. The average molecular weight is 534 g/mol. The van der Waals surface area contributed by atoms with Gasteiger partial charge in [0.25, 0.3) is 17.4 Å². The molecule has 0 aliphatic heterocycles. The number of benzene rings is 2. The van der Waals surface area contributed by atoms with Gasteiger partial charge in [-0.3, -0.25) is 23.9 Å². The van der Waals surface area contributed by atoms with Crippen molar-refractivity contribution in [1.82, 2.24) is 25.2 Å². The first-order valence-electron chi connectivity index (χ1n) is 12.1. The Labute approximate surface area is 221 Å². The number of rotatable bonds is 6. The minimum atomic E-state index is -1.26. The molecule has 1 aliphatic rings. The van der Waals surface area contributed by atoms with Crippen molar-refractivity contribution in [2.24, 2.45) is 0 Å². The Hall–Kier alpha value is -4.44. The predicted molar refractivity (Wildman–Crippen MR) is 141 cm³/mol. The predicted octanol–water partition coefficient (Wildman–Crippen LogP) is 3.54. The van der Waals surface area contributed by atoms with Crippen molar-refractivity contribution >= 4 is 40.3 Å². The molecule has 2 amide bonds. The second kappa shape index (κ2) is 10.5. The highest BCUT2D eigenvalue weighted by atomic mass is 35.5. The van der Waals surface area contributed by atoms with Crippen molar-refractivity contribution in [2.75, 3.05) is 0 Å². The van der Waals surface area contributed by atoms with E-state index in [-0.39, 0.29) is 34.8 Å². The Morgan fingerprint density at radius 3 is 2.34 bits per heavy atom. The number of carbonyl (C=O) groups excluding carboxylic acids is 2. The number of nitrogens with zero attached hydrogens (tertiary/aromatic N) is 2. The summed E-state index contributed by atoms with van der Waals surface area (Å²) in [5.74, 6) is -2.11. The molecular weight excluding hydrogens is 510 g/mol. The highest BCUT2D eigenvalue weighted by molar-refractivity contribution is 6.31. The lowest BCUT2D eigenvalue weighted by Crippen LogP contribution is -2.53. The van der Waals surface area contributed by atoms with E-state index in [1.165, 1.54) is 17.0 Å². The van der Waals surface area contributed by atoms with E-state index in [1.807, 2.05) is 0 Å². The van der Waals surface area contributed by atoms with Gasteiger partial charge in [0.2, 0.25) is 0 Å². The van der Waals surface area contributed by atoms with E-state index in [0.717, 1.165) is 12.8 Å². The third kappa shape index (κ3) is 5.03. The summed E-state index contributed by atoms with van der Waals surface area (Å²) in [5.41, 5.74) is 1.00. The Bertz CT molecular complexity index is 1590. The molecule has 1 aliphatic carbocycles.